The van der Waals surface area contributed by atoms with Gasteiger partial charge in [-0.1, -0.05) is 0 Å². The van der Waals surface area contributed by atoms with E-state index in [0.29, 0.717) is 37.8 Å². The number of piperidine rings is 1. The Hall–Kier alpha value is -2.37. The number of carboxylic acid groups (broad SMARTS) is 1. The van der Waals surface area contributed by atoms with E-state index in [-0.39, 0.29) is 18.4 Å². The van der Waals surface area contributed by atoms with Crippen LogP contribution < -0.4 is 4.90 Å². The van der Waals surface area contributed by atoms with E-state index in [1.165, 1.54) is 0 Å². The van der Waals surface area contributed by atoms with Gasteiger partial charge in [-0.15, -0.1) is 0 Å². The molecular weight excluding hydrogens is 308 g/mol. The van der Waals surface area contributed by atoms with Gasteiger partial charge in [-0.3, -0.25) is 14.4 Å². The van der Waals surface area contributed by atoms with Crippen LogP contribution in [0.5, 0.6) is 0 Å². The molecule has 0 radical (unpaired) electrons. The molecule has 0 spiro atoms. The summed E-state index contributed by atoms with van der Waals surface area (Å²) in [6.45, 7) is 2.51. The first kappa shape index (κ1) is 16.5. The second kappa shape index (κ2) is 5.92. The number of aryl methyl sites for hydroxylation is 1. The average molecular weight is 330 g/mol. The van der Waals surface area contributed by atoms with Crippen molar-refractivity contribution in [2.75, 3.05) is 25.0 Å². The largest absolute Gasteiger partial charge is 0.481 e. The molecular formula is C18H22N2O4. The van der Waals surface area contributed by atoms with Gasteiger partial charge in [0.1, 0.15) is 0 Å². The zero-order valence-corrected chi connectivity index (χ0v) is 14.0. The number of hydrogen-bond acceptors (Lipinski definition) is 3. The maximum absolute atomic E-state index is 12.8. The summed E-state index contributed by atoms with van der Waals surface area (Å²) < 4.78 is 0. The maximum Gasteiger partial charge on any atom is 0.311 e. The fourth-order valence-electron chi connectivity index (χ4n) is 3.56. The van der Waals surface area contributed by atoms with Gasteiger partial charge >= 0.3 is 5.97 Å². The standard InChI is InChI=1S/C18H22N2O4/c1-18(17(23)24)8-3-9-20(11-18)16(22)13-4-6-14-12(10-13)5-7-15(21)19(14)2/h4,6,10H,3,5,7-9,11H2,1-2H3,(H,23,24). The predicted molar refractivity (Wildman–Crippen MR) is 89.1 cm³/mol. The molecule has 1 aromatic carbocycles. The Bertz CT molecular complexity index is 715. The number of rotatable bonds is 2. The fourth-order valence-corrected chi connectivity index (χ4v) is 3.56. The first-order chi connectivity index (χ1) is 11.3. The predicted octanol–water partition coefficient (Wildman–Crippen LogP) is 1.92. The van der Waals surface area contributed by atoms with E-state index < -0.39 is 11.4 Å². The number of fused-ring (bicyclic) bond motifs is 1. The molecule has 0 aromatic heterocycles. The lowest BCUT2D eigenvalue weighted by Crippen LogP contribution is -2.48. The third-order valence-corrected chi connectivity index (χ3v) is 5.17. The van der Waals surface area contributed by atoms with Crippen LogP contribution in [0.3, 0.4) is 0 Å². The molecule has 0 bridgehead atoms. The second-order valence-corrected chi connectivity index (χ2v) is 6.99. The van der Waals surface area contributed by atoms with Crippen molar-refractivity contribution in [3.05, 3.63) is 29.3 Å². The topological polar surface area (TPSA) is 77.9 Å². The Balaban J connectivity index is 1.83. The van der Waals surface area contributed by atoms with Crippen LogP contribution in [0, 0.1) is 5.41 Å². The number of benzene rings is 1. The number of nitrogens with zero attached hydrogens (tertiary/aromatic N) is 2. The molecule has 1 N–H and O–H groups in total. The van der Waals surface area contributed by atoms with E-state index in [9.17, 15) is 19.5 Å². The lowest BCUT2D eigenvalue weighted by Gasteiger charge is -2.37. The number of anilines is 1. The van der Waals surface area contributed by atoms with Crippen LogP contribution in [0.15, 0.2) is 18.2 Å². The van der Waals surface area contributed by atoms with Gasteiger partial charge in [0.25, 0.3) is 5.91 Å². The van der Waals surface area contributed by atoms with Crippen LogP contribution in [0.4, 0.5) is 5.69 Å². The summed E-state index contributed by atoms with van der Waals surface area (Å²) in [6, 6.07) is 5.37. The quantitative estimate of drug-likeness (QED) is 0.899. The van der Waals surface area contributed by atoms with Gasteiger partial charge in [0.05, 0.1) is 5.41 Å². The van der Waals surface area contributed by atoms with E-state index in [0.717, 1.165) is 11.3 Å². The highest BCUT2D eigenvalue weighted by Gasteiger charge is 2.39. The van der Waals surface area contributed by atoms with E-state index in [2.05, 4.69) is 0 Å². The maximum atomic E-state index is 12.8. The van der Waals surface area contributed by atoms with Crippen molar-refractivity contribution in [1.82, 2.24) is 4.90 Å². The Labute approximate surface area is 141 Å². The van der Waals surface area contributed by atoms with Crippen LogP contribution in [0.1, 0.15) is 42.1 Å². The van der Waals surface area contributed by atoms with Gasteiger partial charge in [-0.2, -0.15) is 0 Å². The van der Waals surface area contributed by atoms with E-state index in [1.54, 1.807) is 35.9 Å². The van der Waals surface area contributed by atoms with Gasteiger partial charge in [-0.25, -0.2) is 0 Å². The number of carbonyl (C=O) groups excluding carboxylic acids is 2. The molecule has 3 rings (SSSR count). The molecule has 24 heavy (non-hydrogen) atoms. The van der Waals surface area contributed by atoms with Crippen molar-refractivity contribution >= 4 is 23.5 Å². The molecule has 1 saturated heterocycles. The molecule has 1 atom stereocenters. The highest BCUT2D eigenvalue weighted by atomic mass is 16.4. The van der Waals surface area contributed by atoms with E-state index >= 15 is 0 Å². The third-order valence-electron chi connectivity index (χ3n) is 5.17. The summed E-state index contributed by atoms with van der Waals surface area (Å²) in [5.74, 6) is -0.912. The summed E-state index contributed by atoms with van der Waals surface area (Å²) in [5.41, 5.74) is 1.51. The van der Waals surface area contributed by atoms with Gasteiger partial charge in [0.2, 0.25) is 5.91 Å². The number of carboxylic acids is 1. The van der Waals surface area contributed by atoms with Crippen LogP contribution in [-0.4, -0.2) is 47.9 Å². The molecule has 2 heterocycles. The molecule has 0 aliphatic carbocycles. The molecule has 1 unspecified atom stereocenters. The van der Waals surface area contributed by atoms with E-state index in [1.807, 2.05) is 6.07 Å². The molecule has 0 saturated carbocycles. The molecule has 2 aliphatic heterocycles. The Kier molecular flexibility index (Phi) is 4.07. The Morgan fingerprint density at radius 3 is 2.71 bits per heavy atom. The zero-order chi connectivity index (χ0) is 17.5. The molecule has 2 aliphatic rings. The lowest BCUT2D eigenvalue weighted by molar-refractivity contribution is -0.150. The summed E-state index contributed by atoms with van der Waals surface area (Å²) in [6.07, 6.45) is 2.36. The van der Waals surface area contributed by atoms with Crippen molar-refractivity contribution in [2.24, 2.45) is 5.41 Å². The van der Waals surface area contributed by atoms with Gasteiger partial charge in [0.15, 0.2) is 0 Å². The minimum Gasteiger partial charge on any atom is -0.481 e. The molecule has 6 nitrogen and oxygen atoms in total. The van der Waals surface area contributed by atoms with Crippen LogP contribution >= 0.6 is 0 Å². The first-order valence-corrected chi connectivity index (χ1v) is 8.24. The van der Waals surface area contributed by atoms with Gasteiger partial charge < -0.3 is 14.9 Å². The summed E-state index contributed by atoms with van der Waals surface area (Å²) in [5, 5.41) is 9.40. The van der Waals surface area contributed by atoms with Crippen LogP contribution in [0.25, 0.3) is 0 Å². The molecule has 2 amide bonds. The molecule has 6 heteroatoms. The summed E-state index contributed by atoms with van der Waals surface area (Å²) >= 11 is 0. The van der Waals surface area contributed by atoms with Crippen molar-refractivity contribution in [2.45, 2.75) is 32.6 Å². The summed E-state index contributed by atoms with van der Waals surface area (Å²) in [7, 11) is 1.74. The SMILES string of the molecule is CN1C(=O)CCc2cc(C(=O)N3CCCC(C)(C(=O)O)C3)ccc21. The molecule has 1 aromatic rings. The highest BCUT2D eigenvalue weighted by molar-refractivity contribution is 5.99. The number of carbonyl (C=O) groups is 3. The first-order valence-electron chi connectivity index (χ1n) is 8.24. The van der Waals surface area contributed by atoms with Crippen LogP contribution in [-0.2, 0) is 16.0 Å². The third kappa shape index (κ3) is 2.77. The normalized spacial score (nSPS) is 23.8. The second-order valence-electron chi connectivity index (χ2n) is 6.99. The molecule has 1 fully saturated rings. The monoisotopic (exact) mass is 330 g/mol. The minimum atomic E-state index is -0.880. The van der Waals surface area contributed by atoms with Gasteiger partial charge in [0, 0.05) is 37.8 Å². The number of aliphatic carboxylic acids is 1. The van der Waals surface area contributed by atoms with Crippen LogP contribution in [0.2, 0.25) is 0 Å². The number of amides is 2. The summed E-state index contributed by atoms with van der Waals surface area (Å²) in [4.78, 5) is 39.3. The lowest BCUT2D eigenvalue weighted by atomic mass is 9.82. The molecule has 128 valence electrons. The van der Waals surface area contributed by atoms with E-state index in [4.69, 9.17) is 0 Å². The Morgan fingerprint density at radius 2 is 2.00 bits per heavy atom. The fraction of sp³-hybridized carbons (Fsp3) is 0.500. The van der Waals surface area contributed by atoms with Gasteiger partial charge in [-0.05, 0) is 49.9 Å². The Morgan fingerprint density at radius 1 is 1.25 bits per heavy atom. The van der Waals surface area contributed by atoms with Crippen molar-refractivity contribution in [3.8, 4) is 0 Å². The smallest absolute Gasteiger partial charge is 0.311 e. The van der Waals surface area contributed by atoms with Crippen molar-refractivity contribution in [1.29, 1.82) is 0 Å². The van der Waals surface area contributed by atoms with Crippen molar-refractivity contribution < 1.29 is 19.5 Å². The van der Waals surface area contributed by atoms with Crippen molar-refractivity contribution in [3.63, 3.8) is 0 Å². The number of hydrogen-bond donors (Lipinski definition) is 1. The minimum absolute atomic E-state index is 0.0785. The highest BCUT2D eigenvalue weighted by Crippen LogP contribution is 2.32. The zero-order valence-electron chi connectivity index (χ0n) is 14.0. The number of likely N-dealkylation sites (tertiary alicyclic amines) is 1. The average Bonchev–Trinajstić information content (AvgIpc) is 2.57.